The first-order chi connectivity index (χ1) is 14.9. The maximum atomic E-state index is 12.2. The van der Waals surface area contributed by atoms with Gasteiger partial charge < -0.3 is 14.6 Å². The zero-order valence-electron chi connectivity index (χ0n) is 17.5. The van der Waals surface area contributed by atoms with E-state index in [9.17, 15) is 9.90 Å². The molecule has 4 rings (SSSR count). The van der Waals surface area contributed by atoms with Crippen molar-refractivity contribution < 1.29 is 19.4 Å². The van der Waals surface area contributed by atoms with Crippen LogP contribution in [0.25, 0.3) is 11.3 Å². The van der Waals surface area contributed by atoms with Gasteiger partial charge in [-0.3, -0.25) is 4.98 Å². The maximum Gasteiger partial charge on any atom is 0.367 e. The zero-order chi connectivity index (χ0) is 22.0. The summed E-state index contributed by atoms with van der Waals surface area (Å²) in [6.07, 6.45) is 1.62. The Bertz CT molecular complexity index is 1180. The molecule has 3 heterocycles. The van der Waals surface area contributed by atoms with Crippen LogP contribution in [0.2, 0.25) is 0 Å². The number of carbonyl (C=O) groups excluding carboxylic acids is 1. The number of esters is 1. The van der Waals surface area contributed by atoms with Gasteiger partial charge in [-0.15, -0.1) is 11.3 Å². The molecule has 2 atom stereocenters. The van der Waals surface area contributed by atoms with Crippen LogP contribution in [0.3, 0.4) is 0 Å². The Morgan fingerprint density at radius 2 is 2.23 bits per heavy atom. The molecule has 1 aromatic carbocycles. The van der Waals surface area contributed by atoms with Gasteiger partial charge in [-0.1, -0.05) is 24.8 Å². The fourth-order valence-electron chi connectivity index (χ4n) is 3.26. The lowest BCUT2D eigenvalue weighted by molar-refractivity contribution is 0.0526. The van der Waals surface area contributed by atoms with Crippen molar-refractivity contribution in [1.29, 1.82) is 0 Å². The molecule has 0 saturated carbocycles. The van der Waals surface area contributed by atoms with E-state index in [1.165, 1.54) is 11.3 Å². The number of rotatable bonds is 3. The molecule has 1 aliphatic heterocycles. The van der Waals surface area contributed by atoms with Crippen LogP contribution in [-0.4, -0.2) is 34.3 Å². The average Bonchev–Trinajstić information content (AvgIpc) is 3.18. The van der Waals surface area contributed by atoms with E-state index in [2.05, 4.69) is 21.8 Å². The number of thiazole rings is 1. The highest BCUT2D eigenvalue weighted by Crippen LogP contribution is 2.42. The van der Waals surface area contributed by atoms with Crippen LogP contribution in [0.5, 0.6) is 5.75 Å². The van der Waals surface area contributed by atoms with Gasteiger partial charge in [-0.2, -0.15) is 0 Å². The molecule has 7 heteroatoms. The molecule has 2 aromatic heterocycles. The molecular weight excluding hydrogens is 412 g/mol. The minimum Gasteiger partial charge on any atom is -0.492 e. The summed E-state index contributed by atoms with van der Waals surface area (Å²) in [6.45, 7) is 6.22. The first-order valence-electron chi connectivity index (χ1n) is 10.0. The van der Waals surface area contributed by atoms with E-state index in [-0.39, 0.29) is 5.92 Å². The third kappa shape index (κ3) is 4.31. The van der Waals surface area contributed by atoms with Crippen LogP contribution in [0.15, 0.2) is 42.6 Å². The van der Waals surface area contributed by atoms with Gasteiger partial charge in [0.15, 0.2) is 5.60 Å². The fraction of sp³-hybridized carbons (Fsp3) is 0.292. The van der Waals surface area contributed by atoms with Crippen molar-refractivity contribution in [2.45, 2.75) is 32.3 Å². The fourth-order valence-corrected chi connectivity index (χ4v) is 4.27. The number of fused-ring (bicyclic) bond motifs is 3. The molecule has 1 N–H and O–H groups in total. The normalized spacial score (nSPS) is 16.5. The van der Waals surface area contributed by atoms with Crippen molar-refractivity contribution in [2.75, 3.05) is 13.2 Å². The summed E-state index contributed by atoms with van der Waals surface area (Å²) >= 11 is 1.34. The van der Waals surface area contributed by atoms with Gasteiger partial charge in [-0.05, 0) is 44.2 Å². The smallest absolute Gasteiger partial charge is 0.367 e. The van der Waals surface area contributed by atoms with Crippen LogP contribution >= 0.6 is 11.3 Å². The molecule has 6 nitrogen and oxygen atoms in total. The van der Waals surface area contributed by atoms with Crippen LogP contribution in [-0.2, 0) is 10.3 Å². The van der Waals surface area contributed by atoms with E-state index in [1.54, 1.807) is 32.2 Å². The quantitative estimate of drug-likeness (QED) is 0.493. The summed E-state index contributed by atoms with van der Waals surface area (Å²) in [7, 11) is 0. The molecule has 1 unspecified atom stereocenters. The molecule has 0 aliphatic carbocycles. The molecule has 1 aliphatic rings. The molecule has 158 valence electrons. The van der Waals surface area contributed by atoms with Crippen molar-refractivity contribution in [3.8, 4) is 28.8 Å². The number of hydrogen-bond acceptors (Lipinski definition) is 7. The topological polar surface area (TPSA) is 81.5 Å². The van der Waals surface area contributed by atoms with Crippen LogP contribution in [0, 0.1) is 11.8 Å². The third-order valence-corrected chi connectivity index (χ3v) is 6.16. The Hall–Kier alpha value is -3.21. The predicted octanol–water partition coefficient (Wildman–Crippen LogP) is 4.14. The minimum absolute atomic E-state index is 0.0856. The summed E-state index contributed by atoms with van der Waals surface area (Å²) in [5.41, 5.74) is 1.28. The van der Waals surface area contributed by atoms with E-state index < -0.39 is 11.6 Å². The molecule has 3 aromatic rings. The minimum atomic E-state index is -1.39. The lowest BCUT2D eigenvalue weighted by atomic mass is 10.0. The second kappa shape index (κ2) is 8.50. The Morgan fingerprint density at radius 1 is 1.39 bits per heavy atom. The van der Waals surface area contributed by atoms with E-state index in [0.29, 0.717) is 40.9 Å². The Balaban J connectivity index is 1.73. The SMILES string of the molecule is CCOC(=O)c1nc2c(s1)C(C)COc1ccc(C#C[C@@](C)(O)c3ccccn3)cc1-2. The van der Waals surface area contributed by atoms with E-state index in [4.69, 9.17) is 9.47 Å². The monoisotopic (exact) mass is 434 g/mol. The van der Waals surface area contributed by atoms with Crippen LogP contribution in [0.4, 0.5) is 0 Å². The van der Waals surface area contributed by atoms with Gasteiger partial charge in [0.05, 0.1) is 24.6 Å². The molecule has 0 radical (unpaired) electrons. The second-order valence-electron chi connectivity index (χ2n) is 7.41. The summed E-state index contributed by atoms with van der Waals surface area (Å²) in [5, 5.41) is 11.0. The van der Waals surface area contributed by atoms with Crippen molar-refractivity contribution in [3.63, 3.8) is 0 Å². The number of pyridine rings is 1. The number of ether oxygens (including phenoxy) is 2. The lowest BCUT2D eigenvalue weighted by Crippen LogP contribution is -2.19. The number of aromatic nitrogens is 2. The summed E-state index contributed by atoms with van der Waals surface area (Å²) < 4.78 is 11.1. The lowest BCUT2D eigenvalue weighted by Gasteiger charge is -2.15. The molecule has 0 fully saturated rings. The zero-order valence-corrected chi connectivity index (χ0v) is 18.3. The molecule has 0 amide bonds. The Kier molecular flexibility index (Phi) is 5.77. The van der Waals surface area contributed by atoms with Gasteiger partial charge in [0.25, 0.3) is 0 Å². The number of aliphatic hydroxyl groups is 1. The first-order valence-corrected chi connectivity index (χ1v) is 10.8. The van der Waals surface area contributed by atoms with E-state index >= 15 is 0 Å². The maximum absolute atomic E-state index is 12.2. The molecule has 0 saturated heterocycles. The van der Waals surface area contributed by atoms with E-state index in [0.717, 1.165) is 10.4 Å². The van der Waals surface area contributed by atoms with Crippen molar-refractivity contribution >= 4 is 17.3 Å². The van der Waals surface area contributed by atoms with Crippen molar-refractivity contribution in [1.82, 2.24) is 9.97 Å². The van der Waals surface area contributed by atoms with Crippen molar-refractivity contribution in [2.24, 2.45) is 0 Å². The largest absolute Gasteiger partial charge is 0.492 e. The predicted molar refractivity (Wildman–Crippen MR) is 118 cm³/mol. The van der Waals surface area contributed by atoms with Gasteiger partial charge in [0.2, 0.25) is 5.01 Å². The Labute approximate surface area is 184 Å². The third-order valence-electron chi connectivity index (χ3n) is 4.89. The number of carbonyl (C=O) groups is 1. The number of benzene rings is 1. The standard InChI is InChI=1S/C24H22N2O4S/c1-4-29-23(27)22-26-20-17-13-16(8-9-18(17)30-14-15(2)21(20)31-22)10-11-24(3,28)19-7-5-6-12-25-19/h5-9,12-13,15,28H,4,14H2,1-3H3/t15?,24-/m1/s1. The van der Waals surface area contributed by atoms with Crippen LogP contribution < -0.4 is 4.74 Å². The van der Waals surface area contributed by atoms with E-state index in [1.807, 2.05) is 31.2 Å². The van der Waals surface area contributed by atoms with Gasteiger partial charge in [0.1, 0.15) is 5.75 Å². The van der Waals surface area contributed by atoms with Crippen LogP contribution in [0.1, 0.15) is 52.6 Å². The number of hydrogen-bond donors (Lipinski definition) is 1. The number of nitrogens with zero attached hydrogens (tertiary/aromatic N) is 2. The summed E-state index contributed by atoms with van der Waals surface area (Å²) in [4.78, 5) is 22.0. The molecular formula is C24H22N2O4S. The highest BCUT2D eigenvalue weighted by molar-refractivity contribution is 7.14. The average molecular weight is 435 g/mol. The first kappa shape index (κ1) is 21.0. The Morgan fingerprint density at radius 3 is 2.97 bits per heavy atom. The highest BCUT2D eigenvalue weighted by atomic mass is 32.1. The van der Waals surface area contributed by atoms with Gasteiger partial charge in [0, 0.05) is 28.1 Å². The summed E-state index contributed by atoms with van der Waals surface area (Å²) in [6, 6.07) is 10.9. The van der Waals surface area contributed by atoms with Crippen molar-refractivity contribution in [3.05, 3.63) is 63.7 Å². The van der Waals surface area contributed by atoms with Gasteiger partial charge >= 0.3 is 5.97 Å². The summed E-state index contributed by atoms with van der Waals surface area (Å²) in [5.74, 6) is 6.29. The molecule has 0 bridgehead atoms. The molecule has 0 spiro atoms. The molecule has 31 heavy (non-hydrogen) atoms. The van der Waals surface area contributed by atoms with Gasteiger partial charge in [-0.25, -0.2) is 9.78 Å². The second-order valence-corrected chi connectivity index (χ2v) is 8.44. The highest BCUT2D eigenvalue weighted by Gasteiger charge is 2.28.